The lowest BCUT2D eigenvalue weighted by Gasteiger charge is -2.32. The van der Waals surface area contributed by atoms with E-state index in [9.17, 15) is 0 Å². The topological polar surface area (TPSA) is 30.9 Å². The minimum absolute atomic E-state index is 0.283. The molecule has 0 atom stereocenters. The third-order valence-corrected chi connectivity index (χ3v) is 6.35. The van der Waals surface area contributed by atoms with Crippen molar-refractivity contribution in [3.05, 3.63) is 89.5 Å². The van der Waals surface area contributed by atoms with E-state index in [0.717, 1.165) is 36.1 Å². The van der Waals surface area contributed by atoms with Gasteiger partial charge in [0.05, 0.1) is 0 Å². The highest BCUT2D eigenvalue weighted by atomic mass is 16.7. The van der Waals surface area contributed by atoms with E-state index in [1.807, 2.05) is 18.2 Å². The zero-order valence-corrected chi connectivity index (χ0v) is 17.8. The molecular weight excluding hydrogens is 386 g/mol. The van der Waals surface area contributed by atoms with Crippen LogP contribution in [0.2, 0.25) is 0 Å². The zero-order chi connectivity index (χ0) is 20.9. The van der Waals surface area contributed by atoms with Gasteiger partial charge in [-0.1, -0.05) is 54.6 Å². The van der Waals surface area contributed by atoms with Crippen LogP contribution in [0, 0.1) is 0 Å². The second-order valence-corrected chi connectivity index (χ2v) is 8.40. The second-order valence-electron chi connectivity index (χ2n) is 8.40. The molecule has 0 bridgehead atoms. The Morgan fingerprint density at radius 2 is 1.55 bits per heavy atom. The molecular formula is C27H29NO3. The highest BCUT2D eigenvalue weighted by Gasteiger charge is 2.20. The summed E-state index contributed by atoms with van der Waals surface area (Å²) in [5, 5.41) is 0. The van der Waals surface area contributed by atoms with Crippen molar-refractivity contribution in [3.8, 4) is 17.2 Å². The van der Waals surface area contributed by atoms with Gasteiger partial charge in [-0.3, -0.25) is 0 Å². The van der Waals surface area contributed by atoms with E-state index < -0.39 is 0 Å². The van der Waals surface area contributed by atoms with Crippen molar-refractivity contribution in [3.63, 3.8) is 0 Å². The van der Waals surface area contributed by atoms with Gasteiger partial charge in [0, 0.05) is 12.6 Å². The summed E-state index contributed by atoms with van der Waals surface area (Å²) in [7, 11) is 0. The Morgan fingerprint density at radius 1 is 0.806 bits per heavy atom. The number of hydrogen-bond donors (Lipinski definition) is 0. The maximum absolute atomic E-state index is 5.92. The maximum atomic E-state index is 5.92. The third-order valence-electron chi connectivity index (χ3n) is 6.35. The Bertz CT molecular complexity index is 979. The molecule has 3 aromatic carbocycles. The van der Waals surface area contributed by atoms with Gasteiger partial charge in [0.2, 0.25) is 6.79 Å². The van der Waals surface area contributed by atoms with Crippen LogP contribution in [0.1, 0.15) is 35.4 Å². The first-order valence-electron chi connectivity index (χ1n) is 11.2. The molecule has 0 saturated carbocycles. The van der Waals surface area contributed by atoms with Crippen LogP contribution < -0.4 is 14.2 Å². The fourth-order valence-electron chi connectivity index (χ4n) is 4.44. The lowest BCUT2D eigenvalue weighted by molar-refractivity contribution is 0.173. The molecule has 160 valence electrons. The maximum Gasteiger partial charge on any atom is 0.231 e. The van der Waals surface area contributed by atoms with Crippen LogP contribution in [0.25, 0.3) is 0 Å². The monoisotopic (exact) mass is 415 g/mol. The van der Waals surface area contributed by atoms with E-state index in [-0.39, 0.29) is 6.79 Å². The number of ether oxygens (including phenoxy) is 3. The van der Waals surface area contributed by atoms with E-state index in [4.69, 9.17) is 14.2 Å². The van der Waals surface area contributed by atoms with Gasteiger partial charge in [-0.05, 0) is 67.1 Å². The number of rotatable bonds is 7. The SMILES string of the molecule is c1ccc(C2CCN(CCc3ccc(COc4ccc5c(c4)OCO5)cc3)CC2)cc1. The average Bonchev–Trinajstić information content (AvgIpc) is 3.31. The summed E-state index contributed by atoms with van der Waals surface area (Å²) in [5.74, 6) is 3.05. The molecule has 1 saturated heterocycles. The second kappa shape index (κ2) is 9.44. The van der Waals surface area contributed by atoms with Crippen molar-refractivity contribution in [1.29, 1.82) is 0 Å². The van der Waals surface area contributed by atoms with Gasteiger partial charge < -0.3 is 19.1 Å². The quantitative estimate of drug-likeness (QED) is 0.516. The summed E-state index contributed by atoms with van der Waals surface area (Å²) in [6.45, 7) is 4.36. The molecule has 2 heterocycles. The lowest BCUT2D eigenvalue weighted by atomic mass is 9.89. The van der Waals surface area contributed by atoms with Crippen LogP contribution in [-0.2, 0) is 13.0 Å². The van der Waals surface area contributed by atoms with Gasteiger partial charge in [0.15, 0.2) is 11.5 Å². The van der Waals surface area contributed by atoms with Crippen LogP contribution in [0.3, 0.4) is 0 Å². The molecule has 0 amide bonds. The fourth-order valence-corrected chi connectivity index (χ4v) is 4.44. The summed E-state index contributed by atoms with van der Waals surface area (Å²) in [5.41, 5.74) is 4.06. The molecule has 0 spiro atoms. The summed E-state index contributed by atoms with van der Waals surface area (Å²) >= 11 is 0. The Balaban J connectivity index is 1.06. The molecule has 0 N–H and O–H groups in total. The van der Waals surface area contributed by atoms with Gasteiger partial charge in [0.1, 0.15) is 12.4 Å². The minimum atomic E-state index is 0.283. The smallest absolute Gasteiger partial charge is 0.231 e. The van der Waals surface area contributed by atoms with Crippen molar-refractivity contribution in [2.75, 3.05) is 26.4 Å². The molecule has 31 heavy (non-hydrogen) atoms. The van der Waals surface area contributed by atoms with E-state index in [1.165, 1.54) is 42.6 Å². The normalized spacial score (nSPS) is 16.4. The van der Waals surface area contributed by atoms with Crippen molar-refractivity contribution in [1.82, 2.24) is 4.90 Å². The number of piperidine rings is 1. The predicted molar refractivity (Wildman–Crippen MR) is 122 cm³/mol. The highest BCUT2D eigenvalue weighted by Crippen LogP contribution is 2.35. The minimum Gasteiger partial charge on any atom is -0.489 e. The average molecular weight is 416 g/mol. The summed E-state index contributed by atoms with van der Waals surface area (Å²) in [4.78, 5) is 2.61. The lowest BCUT2D eigenvalue weighted by Crippen LogP contribution is -2.34. The molecule has 5 rings (SSSR count). The molecule has 0 aromatic heterocycles. The molecule has 4 heteroatoms. The number of fused-ring (bicyclic) bond motifs is 1. The van der Waals surface area contributed by atoms with Gasteiger partial charge >= 0.3 is 0 Å². The largest absolute Gasteiger partial charge is 0.489 e. The number of likely N-dealkylation sites (tertiary alicyclic amines) is 1. The summed E-state index contributed by atoms with van der Waals surface area (Å²) in [6.07, 6.45) is 3.62. The molecule has 2 aliphatic rings. The van der Waals surface area contributed by atoms with Crippen LogP contribution in [-0.4, -0.2) is 31.3 Å². The zero-order valence-electron chi connectivity index (χ0n) is 17.8. The van der Waals surface area contributed by atoms with Gasteiger partial charge in [-0.25, -0.2) is 0 Å². The molecule has 0 unspecified atom stereocenters. The van der Waals surface area contributed by atoms with E-state index in [1.54, 1.807) is 0 Å². The third kappa shape index (κ3) is 5.02. The molecule has 2 aliphatic heterocycles. The molecule has 0 radical (unpaired) electrons. The van der Waals surface area contributed by atoms with Crippen LogP contribution in [0.15, 0.2) is 72.8 Å². The first kappa shape index (κ1) is 20.0. The van der Waals surface area contributed by atoms with E-state index in [0.29, 0.717) is 6.61 Å². The van der Waals surface area contributed by atoms with Gasteiger partial charge in [0.25, 0.3) is 0 Å². The Labute approximate surface area is 184 Å². The van der Waals surface area contributed by atoms with Gasteiger partial charge in [-0.15, -0.1) is 0 Å². The molecule has 1 fully saturated rings. The number of hydrogen-bond acceptors (Lipinski definition) is 4. The van der Waals surface area contributed by atoms with E-state index in [2.05, 4.69) is 59.5 Å². The highest BCUT2D eigenvalue weighted by molar-refractivity contribution is 5.46. The molecule has 0 aliphatic carbocycles. The van der Waals surface area contributed by atoms with Crippen LogP contribution in [0.5, 0.6) is 17.2 Å². The first-order chi connectivity index (χ1) is 15.3. The summed E-state index contributed by atoms with van der Waals surface area (Å²) < 4.78 is 16.7. The standard InChI is InChI=1S/C27H29NO3/c1-2-4-23(5-3-1)24-13-16-28(17-14-24)15-12-21-6-8-22(9-7-21)19-29-25-10-11-26-27(18-25)31-20-30-26/h1-11,18,24H,12-17,19-20H2. The first-order valence-corrected chi connectivity index (χ1v) is 11.2. The molecule has 4 nitrogen and oxygen atoms in total. The molecule has 3 aromatic rings. The Kier molecular flexibility index (Phi) is 6.08. The van der Waals surface area contributed by atoms with Crippen molar-refractivity contribution in [2.45, 2.75) is 31.8 Å². The van der Waals surface area contributed by atoms with E-state index >= 15 is 0 Å². The van der Waals surface area contributed by atoms with Crippen molar-refractivity contribution in [2.24, 2.45) is 0 Å². The Hall–Kier alpha value is -2.98. The summed E-state index contributed by atoms with van der Waals surface area (Å²) in [6, 6.07) is 25.5. The van der Waals surface area contributed by atoms with Crippen LogP contribution >= 0.6 is 0 Å². The van der Waals surface area contributed by atoms with Crippen molar-refractivity contribution >= 4 is 0 Å². The Morgan fingerprint density at radius 3 is 2.35 bits per heavy atom. The fraction of sp³-hybridized carbons (Fsp3) is 0.333. The van der Waals surface area contributed by atoms with Crippen molar-refractivity contribution < 1.29 is 14.2 Å². The number of benzene rings is 3. The number of nitrogens with zero attached hydrogens (tertiary/aromatic N) is 1. The van der Waals surface area contributed by atoms with Crippen LogP contribution in [0.4, 0.5) is 0 Å². The predicted octanol–water partition coefficient (Wildman–Crippen LogP) is 5.42. The van der Waals surface area contributed by atoms with Gasteiger partial charge in [-0.2, -0.15) is 0 Å².